The number of hydrogen-bond donors (Lipinski definition) is 0. The van der Waals surface area contributed by atoms with Gasteiger partial charge < -0.3 is 0 Å². The average molecular weight is 210 g/mol. The molecule has 13 heavy (non-hydrogen) atoms. The maximum absolute atomic E-state index is 13.0. The Morgan fingerprint density at radius 1 is 0.923 bits per heavy atom. The third kappa shape index (κ3) is 2.51. The third-order valence-electron chi connectivity index (χ3n) is 2.06. The molecular weight excluding hydrogens is 195 g/mol. The van der Waals surface area contributed by atoms with Gasteiger partial charge in [0.15, 0.2) is 0 Å². The topological polar surface area (TPSA) is 0 Å². The Labute approximate surface area is 83.0 Å². The Morgan fingerprint density at radius 2 is 1.46 bits per heavy atom. The zero-order valence-electron chi connectivity index (χ0n) is 8.61. The van der Waals surface area contributed by atoms with Crippen LogP contribution < -0.4 is 10.4 Å². The molecule has 0 amide bonds. The molecule has 0 fully saturated rings. The maximum atomic E-state index is 13.0. The van der Waals surface area contributed by atoms with Crippen LogP contribution in [0.3, 0.4) is 0 Å². The minimum atomic E-state index is -0.523. The predicted octanol–water partition coefficient (Wildman–Crippen LogP) is 1.75. The molecule has 0 saturated heterocycles. The van der Waals surface area contributed by atoms with Crippen LogP contribution in [-0.2, 0) is 0 Å². The highest BCUT2D eigenvalue weighted by Gasteiger charge is 2.12. The van der Waals surface area contributed by atoms with Crippen LogP contribution in [0.25, 0.3) is 0 Å². The molecule has 0 heterocycles. The second kappa shape index (κ2) is 4.20. The van der Waals surface area contributed by atoms with E-state index in [1.54, 1.807) is 12.1 Å². The first kappa shape index (κ1) is 10.7. The fraction of sp³-hybridized carbons (Fsp3) is 0.400. The summed E-state index contributed by atoms with van der Waals surface area (Å²) >= 11 is 0. The van der Waals surface area contributed by atoms with Crippen LogP contribution in [-0.4, -0.2) is 17.6 Å². The van der Waals surface area contributed by atoms with E-state index in [0.29, 0.717) is 0 Å². The molecule has 0 atom stereocenters. The standard InChI is InChI=1S/C10H15FSi2/c1-12(2)9-6-5-8(11)7-10(9)13(3)4/h5-7H,1-4H3. The molecule has 0 aliphatic heterocycles. The van der Waals surface area contributed by atoms with E-state index in [0.717, 1.165) is 0 Å². The van der Waals surface area contributed by atoms with Gasteiger partial charge in [0, 0.05) is 0 Å². The highest BCUT2D eigenvalue weighted by molar-refractivity contribution is 6.82. The van der Waals surface area contributed by atoms with Gasteiger partial charge in [-0.2, -0.15) is 0 Å². The highest BCUT2D eigenvalue weighted by atomic mass is 28.3. The number of halogens is 1. The Balaban J connectivity index is 3.19. The summed E-state index contributed by atoms with van der Waals surface area (Å²) in [7, 11) is -0.967. The van der Waals surface area contributed by atoms with Crippen LogP contribution in [0.4, 0.5) is 4.39 Å². The Morgan fingerprint density at radius 3 is 1.92 bits per heavy atom. The molecule has 0 unspecified atom stereocenters. The van der Waals surface area contributed by atoms with Crippen molar-refractivity contribution in [2.75, 3.05) is 0 Å². The molecule has 1 aromatic rings. The lowest BCUT2D eigenvalue weighted by Crippen LogP contribution is -2.44. The van der Waals surface area contributed by atoms with Gasteiger partial charge in [-0.05, 0) is 12.1 Å². The van der Waals surface area contributed by atoms with E-state index >= 15 is 0 Å². The number of benzene rings is 1. The van der Waals surface area contributed by atoms with Crippen LogP contribution in [0.2, 0.25) is 26.2 Å². The highest BCUT2D eigenvalue weighted by Crippen LogP contribution is 1.95. The van der Waals surface area contributed by atoms with Crippen molar-refractivity contribution in [1.82, 2.24) is 0 Å². The van der Waals surface area contributed by atoms with E-state index in [9.17, 15) is 4.39 Å². The van der Waals surface area contributed by atoms with Crippen molar-refractivity contribution in [2.24, 2.45) is 0 Å². The largest absolute Gasteiger partial charge is 0.207 e. The molecule has 0 bridgehead atoms. The average Bonchev–Trinajstić information content (AvgIpc) is 2.03. The van der Waals surface area contributed by atoms with Crippen molar-refractivity contribution in [3.05, 3.63) is 24.0 Å². The predicted molar refractivity (Wildman–Crippen MR) is 60.6 cm³/mol. The summed E-state index contributed by atoms with van der Waals surface area (Å²) in [4.78, 5) is 0. The quantitative estimate of drug-likeness (QED) is 0.653. The van der Waals surface area contributed by atoms with E-state index in [-0.39, 0.29) is 5.82 Å². The third-order valence-corrected chi connectivity index (χ3v) is 5.31. The zero-order chi connectivity index (χ0) is 10.0. The SMILES string of the molecule is C[Si](C)c1ccc(F)cc1[Si](C)C. The minimum absolute atomic E-state index is 0.0896. The first-order valence-electron chi connectivity index (χ1n) is 4.43. The molecule has 2 radical (unpaired) electrons. The Hall–Kier alpha value is -0.416. The van der Waals surface area contributed by atoms with Gasteiger partial charge in [-0.25, -0.2) is 4.39 Å². The molecule has 0 aromatic heterocycles. The van der Waals surface area contributed by atoms with Crippen molar-refractivity contribution in [3.8, 4) is 0 Å². The van der Waals surface area contributed by atoms with E-state index in [1.807, 2.05) is 6.07 Å². The van der Waals surface area contributed by atoms with E-state index in [4.69, 9.17) is 0 Å². The van der Waals surface area contributed by atoms with Gasteiger partial charge in [0.2, 0.25) is 0 Å². The second-order valence-corrected chi connectivity index (χ2v) is 8.77. The normalized spacial score (nSPS) is 11.3. The van der Waals surface area contributed by atoms with E-state index in [2.05, 4.69) is 26.2 Å². The monoisotopic (exact) mass is 210 g/mol. The number of rotatable bonds is 2. The van der Waals surface area contributed by atoms with Crippen molar-refractivity contribution in [3.63, 3.8) is 0 Å². The first-order valence-corrected chi connectivity index (χ1v) is 9.43. The molecule has 0 spiro atoms. The van der Waals surface area contributed by atoms with Crippen molar-refractivity contribution < 1.29 is 4.39 Å². The van der Waals surface area contributed by atoms with Gasteiger partial charge in [-0.1, -0.05) is 42.6 Å². The molecule has 3 heteroatoms. The van der Waals surface area contributed by atoms with Crippen LogP contribution in [0.5, 0.6) is 0 Å². The van der Waals surface area contributed by atoms with Gasteiger partial charge in [0.05, 0.1) is 17.6 Å². The van der Waals surface area contributed by atoms with Crippen molar-refractivity contribution >= 4 is 28.0 Å². The molecule has 0 aliphatic rings. The Bertz CT molecular complexity index is 295. The molecular formula is C10H15FSi2. The van der Waals surface area contributed by atoms with Crippen LogP contribution >= 0.6 is 0 Å². The van der Waals surface area contributed by atoms with E-state index in [1.165, 1.54) is 10.4 Å². The molecule has 1 rings (SSSR count). The molecule has 0 saturated carbocycles. The minimum Gasteiger partial charge on any atom is -0.207 e. The summed E-state index contributed by atoms with van der Waals surface area (Å²) in [6.45, 7) is 8.94. The Kier molecular flexibility index (Phi) is 3.44. The van der Waals surface area contributed by atoms with Crippen molar-refractivity contribution in [1.29, 1.82) is 0 Å². The summed E-state index contributed by atoms with van der Waals surface area (Å²) in [5.41, 5.74) is 0. The lowest BCUT2D eigenvalue weighted by molar-refractivity contribution is 0.629. The first-order chi connectivity index (χ1) is 6.02. The van der Waals surface area contributed by atoms with Crippen LogP contribution in [0.15, 0.2) is 18.2 Å². The summed E-state index contributed by atoms with van der Waals surface area (Å²) < 4.78 is 13.0. The van der Waals surface area contributed by atoms with Crippen LogP contribution in [0.1, 0.15) is 0 Å². The second-order valence-electron chi connectivity index (χ2n) is 3.69. The smallest absolute Gasteiger partial charge is 0.123 e. The fourth-order valence-electron chi connectivity index (χ4n) is 1.37. The van der Waals surface area contributed by atoms with Crippen LogP contribution in [0, 0.1) is 5.82 Å². The zero-order valence-corrected chi connectivity index (χ0v) is 10.6. The molecule has 70 valence electrons. The van der Waals surface area contributed by atoms with Gasteiger partial charge in [0.25, 0.3) is 0 Å². The fourth-order valence-corrected chi connectivity index (χ4v) is 4.94. The lowest BCUT2D eigenvalue weighted by Gasteiger charge is -2.13. The number of hydrogen-bond acceptors (Lipinski definition) is 0. The van der Waals surface area contributed by atoms with Gasteiger partial charge in [-0.3, -0.25) is 0 Å². The van der Waals surface area contributed by atoms with Crippen molar-refractivity contribution in [2.45, 2.75) is 26.2 Å². The summed E-state index contributed by atoms with van der Waals surface area (Å²) in [6, 6.07) is 5.28. The summed E-state index contributed by atoms with van der Waals surface area (Å²) in [6.07, 6.45) is 0. The summed E-state index contributed by atoms with van der Waals surface area (Å²) in [5, 5.41) is 2.69. The molecule has 0 aliphatic carbocycles. The lowest BCUT2D eigenvalue weighted by atomic mass is 10.3. The van der Waals surface area contributed by atoms with Gasteiger partial charge >= 0.3 is 0 Å². The molecule has 1 aromatic carbocycles. The maximum Gasteiger partial charge on any atom is 0.123 e. The van der Waals surface area contributed by atoms with Gasteiger partial charge in [0.1, 0.15) is 5.82 Å². The van der Waals surface area contributed by atoms with Gasteiger partial charge in [-0.15, -0.1) is 0 Å². The molecule has 0 N–H and O–H groups in total. The molecule has 0 nitrogen and oxygen atoms in total. The summed E-state index contributed by atoms with van der Waals surface area (Å²) in [5.74, 6) is -0.0896. The van der Waals surface area contributed by atoms with E-state index < -0.39 is 17.6 Å².